The van der Waals surface area contributed by atoms with Crippen molar-refractivity contribution >= 4 is 21.7 Å². The Balaban J connectivity index is 2.29. The van der Waals surface area contributed by atoms with E-state index < -0.39 is 27.5 Å². The summed E-state index contributed by atoms with van der Waals surface area (Å²) in [5.74, 6) is -0.422. The smallest absolute Gasteiger partial charge is 0.249 e. The highest BCUT2D eigenvalue weighted by Crippen LogP contribution is 2.34. The molecule has 2 unspecified atom stereocenters. The molecule has 2 rings (SSSR count). The van der Waals surface area contributed by atoms with Crippen molar-refractivity contribution in [3.63, 3.8) is 0 Å². The molecule has 0 aromatic carbocycles. The lowest BCUT2D eigenvalue weighted by molar-refractivity contribution is -0.158. The predicted molar refractivity (Wildman–Crippen MR) is 79.4 cm³/mol. The molecule has 0 bridgehead atoms. The van der Waals surface area contributed by atoms with Gasteiger partial charge in [-0.3, -0.25) is 9.59 Å². The summed E-state index contributed by atoms with van der Waals surface area (Å²) < 4.78 is 23.0. The van der Waals surface area contributed by atoms with Gasteiger partial charge in [0.2, 0.25) is 11.8 Å². The summed E-state index contributed by atoms with van der Waals surface area (Å²) in [6.07, 6.45) is 5.33. The molecule has 1 spiro atoms. The van der Waals surface area contributed by atoms with Crippen LogP contribution >= 0.6 is 0 Å². The number of carbonyl (C=O) groups excluding carboxylic acids is 2. The van der Waals surface area contributed by atoms with Crippen molar-refractivity contribution < 1.29 is 18.0 Å². The van der Waals surface area contributed by atoms with E-state index in [4.69, 9.17) is 0 Å². The van der Waals surface area contributed by atoms with Gasteiger partial charge < -0.3 is 10.2 Å². The second-order valence-electron chi connectivity index (χ2n) is 6.46. The lowest BCUT2D eigenvalue weighted by Gasteiger charge is -2.48. The Kier molecular flexibility index (Phi) is 4.33. The Bertz CT molecular complexity index is 537. The molecule has 6 nitrogen and oxygen atoms in total. The molecule has 1 heterocycles. The van der Waals surface area contributed by atoms with E-state index in [2.05, 4.69) is 5.32 Å². The largest absolute Gasteiger partial charge is 0.340 e. The minimum atomic E-state index is -3.20. The summed E-state index contributed by atoms with van der Waals surface area (Å²) in [6.45, 7) is 3.35. The Morgan fingerprint density at radius 1 is 1.29 bits per heavy atom. The molecule has 2 fully saturated rings. The maximum absolute atomic E-state index is 12.9. The van der Waals surface area contributed by atoms with Crippen molar-refractivity contribution in [2.75, 3.05) is 12.0 Å². The second kappa shape index (κ2) is 5.59. The predicted octanol–water partition coefficient (Wildman–Crippen LogP) is 0.469. The Hall–Kier alpha value is -1.11. The molecule has 1 aliphatic heterocycles. The number of nitrogens with zero attached hydrogens (tertiary/aromatic N) is 1. The third kappa shape index (κ3) is 3.22. The van der Waals surface area contributed by atoms with Gasteiger partial charge in [-0.15, -0.1) is 0 Å². The van der Waals surface area contributed by atoms with Crippen LogP contribution in [0.15, 0.2) is 0 Å². The van der Waals surface area contributed by atoms with Crippen LogP contribution in [0.5, 0.6) is 0 Å². The van der Waals surface area contributed by atoms with E-state index in [9.17, 15) is 18.0 Å². The lowest BCUT2D eigenvalue weighted by Crippen LogP contribution is -2.72. The van der Waals surface area contributed by atoms with Gasteiger partial charge in [0.05, 0.1) is 5.75 Å². The van der Waals surface area contributed by atoms with E-state index in [0.717, 1.165) is 25.5 Å². The maximum Gasteiger partial charge on any atom is 0.249 e. The zero-order valence-electron chi connectivity index (χ0n) is 12.9. The molecule has 1 saturated carbocycles. The van der Waals surface area contributed by atoms with Gasteiger partial charge in [0.1, 0.15) is 21.4 Å². The summed E-state index contributed by atoms with van der Waals surface area (Å²) in [6, 6.07) is -1.12. The molecule has 21 heavy (non-hydrogen) atoms. The van der Waals surface area contributed by atoms with Crippen LogP contribution in [-0.2, 0) is 19.4 Å². The van der Waals surface area contributed by atoms with Gasteiger partial charge >= 0.3 is 0 Å². The van der Waals surface area contributed by atoms with Gasteiger partial charge in [0.15, 0.2) is 0 Å². The number of piperazine rings is 1. The summed E-state index contributed by atoms with van der Waals surface area (Å²) in [5, 5.41) is 2.90. The quantitative estimate of drug-likeness (QED) is 0.820. The molecule has 1 saturated heterocycles. The highest BCUT2D eigenvalue weighted by atomic mass is 32.2. The van der Waals surface area contributed by atoms with Gasteiger partial charge in [0, 0.05) is 12.3 Å². The monoisotopic (exact) mass is 316 g/mol. The molecule has 2 amide bonds. The first-order valence-electron chi connectivity index (χ1n) is 7.49. The molecule has 2 atom stereocenters. The van der Waals surface area contributed by atoms with Crippen LogP contribution in [0.2, 0.25) is 0 Å². The number of rotatable bonds is 3. The average Bonchev–Trinajstić information content (AvgIpc) is 2.36. The molecule has 2 aliphatic rings. The van der Waals surface area contributed by atoms with E-state index in [0.29, 0.717) is 12.8 Å². The second-order valence-corrected chi connectivity index (χ2v) is 8.65. The fourth-order valence-electron chi connectivity index (χ4n) is 3.54. The molecule has 0 radical (unpaired) electrons. The summed E-state index contributed by atoms with van der Waals surface area (Å²) in [4.78, 5) is 26.6. The summed E-state index contributed by atoms with van der Waals surface area (Å²) >= 11 is 0. The van der Waals surface area contributed by atoms with Gasteiger partial charge in [0.25, 0.3) is 0 Å². The number of sulfone groups is 1. The van der Waals surface area contributed by atoms with E-state index in [1.165, 1.54) is 4.90 Å². The molecule has 0 aromatic heterocycles. The number of hydrogen-bond acceptors (Lipinski definition) is 4. The molecule has 0 aromatic rings. The Morgan fingerprint density at radius 3 is 2.38 bits per heavy atom. The molecule has 7 heteroatoms. The van der Waals surface area contributed by atoms with E-state index in [1.54, 1.807) is 13.8 Å². The van der Waals surface area contributed by atoms with Crippen LogP contribution < -0.4 is 5.32 Å². The van der Waals surface area contributed by atoms with Crippen LogP contribution in [0.3, 0.4) is 0 Å². The first kappa shape index (κ1) is 16.3. The fraction of sp³-hybridized carbons (Fsp3) is 0.857. The van der Waals surface area contributed by atoms with E-state index >= 15 is 0 Å². The lowest BCUT2D eigenvalue weighted by atomic mass is 9.78. The fourth-order valence-corrected chi connectivity index (χ4v) is 4.57. The van der Waals surface area contributed by atoms with Crippen molar-refractivity contribution in [3.05, 3.63) is 0 Å². The zero-order chi connectivity index (χ0) is 15.8. The minimum absolute atomic E-state index is 0.119. The van der Waals surface area contributed by atoms with Crippen LogP contribution in [0.25, 0.3) is 0 Å². The zero-order valence-corrected chi connectivity index (χ0v) is 13.7. The summed E-state index contributed by atoms with van der Waals surface area (Å²) in [7, 11) is -3.20. The number of nitrogens with one attached hydrogen (secondary N) is 1. The molecular weight excluding hydrogens is 292 g/mol. The Morgan fingerprint density at radius 2 is 1.86 bits per heavy atom. The maximum atomic E-state index is 12.9. The third-order valence-electron chi connectivity index (χ3n) is 4.53. The Labute approximate surface area is 126 Å². The van der Waals surface area contributed by atoms with Gasteiger partial charge in [-0.1, -0.05) is 19.3 Å². The SMILES string of the molecule is CC(CS(C)(=O)=O)N1C(=O)C2(CCCCC2)NC(=O)C1C. The minimum Gasteiger partial charge on any atom is -0.340 e. The highest BCUT2D eigenvalue weighted by Gasteiger charge is 2.51. The van der Waals surface area contributed by atoms with Gasteiger partial charge in [-0.2, -0.15) is 0 Å². The third-order valence-corrected chi connectivity index (χ3v) is 5.62. The van der Waals surface area contributed by atoms with Crippen molar-refractivity contribution in [1.29, 1.82) is 0 Å². The van der Waals surface area contributed by atoms with Crippen LogP contribution in [0.1, 0.15) is 46.0 Å². The summed E-state index contributed by atoms with van der Waals surface area (Å²) in [5.41, 5.74) is -0.812. The van der Waals surface area contributed by atoms with Crippen LogP contribution in [0.4, 0.5) is 0 Å². The van der Waals surface area contributed by atoms with Crippen LogP contribution in [-0.4, -0.2) is 54.8 Å². The van der Waals surface area contributed by atoms with E-state index in [-0.39, 0.29) is 17.6 Å². The normalized spacial score (nSPS) is 27.6. The number of hydrogen-bond donors (Lipinski definition) is 1. The molecular formula is C14H24N2O4S. The topological polar surface area (TPSA) is 83.6 Å². The van der Waals surface area contributed by atoms with Crippen molar-refractivity contribution in [2.24, 2.45) is 0 Å². The highest BCUT2D eigenvalue weighted by molar-refractivity contribution is 7.90. The first-order chi connectivity index (χ1) is 9.66. The number of carbonyl (C=O) groups is 2. The number of amides is 2. The van der Waals surface area contributed by atoms with Crippen LogP contribution in [0, 0.1) is 0 Å². The van der Waals surface area contributed by atoms with Gasteiger partial charge in [-0.25, -0.2) is 8.42 Å². The van der Waals surface area contributed by atoms with Crippen molar-refractivity contribution in [2.45, 2.75) is 63.6 Å². The van der Waals surface area contributed by atoms with Crippen molar-refractivity contribution in [3.8, 4) is 0 Å². The molecule has 120 valence electrons. The van der Waals surface area contributed by atoms with Crippen molar-refractivity contribution in [1.82, 2.24) is 10.2 Å². The standard InChI is InChI=1S/C14H24N2O4S/c1-10(9-21(3,19)20)16-11(2)12(17)15-14(13(16)18)7-5-4-6-8-14/h10-11H,4-9H2,1-3H3,(H,15,17). The van der Waals surface area contributed by atoms with E-state index in [1.807, 2.05) is 0 Å². The average molecular weight is 316 g/mol. The molecule has 1 N–H and O–H groups in total. The van der Waals surface area contributed by atoms with Gasteiger partial charge in [-0.05, 0) is 26.7 Å². The molecule has 1 aliphatic carbocycles. The first-order valence-corrected chi connectivity index (χ1v) is 9.55.